The van der Waals surface area contributed by atoms with Crippen LogP contribution in [0, 0.1) is 10.8 Å². The van der Waals surface area contributed by atoms with E-state index in [-0.39, 0.29) is 22.9 Å². The summed E-state index contributed by atoms with van der Waals surface area (Å²) >= 11 is 0. The maximum absolute atomic E-state index is 11.5. The molecule has 16 heavy (non-hydrogen) atoms. The molecule has 0 aliphatic carbocycles. The Morgan fingerprint density at radius 2 is 1.94 bits per heavy atom. The van der Waals surface area contributed by atoms with Crippen molar-refractivity contribution in [3.63, 3.8) is 0 Å². The Morgan fingerprint density at radius 1 is 1.44 bits per heavy atom. The SMILES string of the molecule is C=C(C)C(=O)OC(C)C1(C(C)(C)C)COC1. The standard InChI is InChI=1S/C13H22O3/c1-9(2)11(14)16-10(3)13(7-15-8-13)12(4,5)6/h10H,1,7-8H2,2-6H3. The highest BCUT2D eigenvalue weighted by molar-refractivity contribution is 5.87. The fourth-order valence-corrected chi connectivity index (χ4v) is 1.97. The quantitative estimate of drug-likeness (QED) is 0.548. The van der Waals surface area contributed by atoms with Gasteiger partial charge in [-0.1, -0.05) is 27.4 Å². The van der Waals surface area contributed by atoms with Gasteiger partial charge in [-0.05, 0) is 19.3 Å². The third-order valence-corrected chi connectivity index (χ3v) is 3.62. The van der Waals surface area contributed by atoms with E-state index in [1.54, 1.807) is 6.92 Å². The highest BCUT2D eigenvalue weighted by atomic mass is 16.6. The van der Waals surface area contributed by atoms with Crippen molar-refractivity contribution in [1.82, 2.24) is 0 Å². The van der Waals surface area contributed by atoms with E-state index in [0.717, 1.165) is 0 Å². The minimum absolute atomic E-state index is 0.0556. The molecule has 1 atom stereocenters. The van der Waals surface area contributed by atoms with E-state index >= 15 is 0 Å². The summed E-state index contributed by atoms with van der Waals surface area (Å²) in [6.45, 7) is 15.0. The van der Waals surface area contributed by atoms with Gasteiger partial charge in [0.1, 0.15) is 6.10 Å². The van der Waals surface area contributed by atoms with Crippen LogP contribution < -0.4 is 0 Å². The largest absolute Gasteiger partial charge is 0.459 e. The van der Waals surface area contributed by atoms with Gasteiger partial charge in [0, 0.05) is 5.57 Å². The molecule has 0 saturated carbocycles. The van der Waals surface area contributed by atoms with Gasteiger partial charge in [-0.15, -0.1) is 0 Å². The number of carbonyl (C=O) groups excluding carboxylic acids is 1. The van der Waals surface area contributed by atoms with Crippen molar-refractivity contribution < 1.29 is 14.3 Å². The summed E-state index contributed by atoms with van der Waals surface area (Å²) < 4.78 is 10.7. The Morgan fingerprint density at radius 3 is 2.19 bits per heavy atom. The van der Waals surface area contributed by atoms with Crippen molar-refractivity contribution in [2.75, 3.05) is 13.2 Å². The Bertz CT molecular complexity index is 295. The third-order valence-electron chi connectivity index (χ3n) is 3.62. The van der Waals surface area contributed by atoms with Gasteiger partial charge in [0.05, 0.1) is 18.6 Å². The Kier molecular flexibility index (Phi) is 3.48. The van der Waals surface area contributed by atoms with Gasteiger partial charge in [-0.3, -0.25) is 0 Å². The fraction of sp³-hybridized carbons (Fsp3) is 0.769. The van der Waals surface area contributed by atoms with Gasteiger partial charge in [0.25, 0.3) is 0 Å². The van der Waals surface area contributed by atoms with Crippen molar-refractivity contribution in [3.05, 3.63) is 12.2 Å². The van der Waals surface area contributed by atoms with Gasteiger partial charge < -0.3 is 9.47 Å². The zero-order valence-electron chi connectivity index (χ0n) is 10.9. The molecule has 0 aromatic rings. The topological polar surface area (TPSA) is 35.5 Å². The van der Waals surface area contributed by atoms with Crippen molar-refractivity contribution in [1.29, 1.82) is 0 Å². The lowest BCUT2D eigenvalue weighted by molar-refractivity contribution is -0.227. The molecule has 1 fully saturated rings. The van der Waals surface area contributed by atoms with E-state index in [2.05, 4.69) is 27.4 Å². The second kappa shape index (κ2) is 4.21. The van der Waals surface area contributed by atoms with Crippen LogP contribution in [0.25, 0.3) is 0 Å². The molecule has 3 nitrogen and oxygen atoms in total. The molecule has 0 spiro atoms. The summed E-state index contributed by atoms with van der Waals surface area (Å²) in [4.78, 5) is 11.5. The molecule has 1 heterocycles. The van der Waals surface area contributed by atoms with Gasteiger partial charge in [-0.2, -0.15) is 0 Å². The summed E-state index contributed by atoms with van der Waals surface area (Å²) in [6.07, 6.45) is -0.148. The molecule has 0 aromatic carbocycles. The van der Waals surface area contributed by atoms with Crippen LogP contribution in [0.1, 0.15) is 34.6 Å². The average Bonchev–Trinajstić information content (AvgIpc) is 1.97. The van der Waals surface area contributed by atoms with E-state index in [9.17, 15) is 4.79 Å². The number of carbonyl (C=O) groups is 1. The molecule has 1 aliphatic heterocycles. The molecule has 0 N–H and O–H groups in total. The van der Waals surface area contributed by atoms with Crippen molar-refractivity contribution in [2.24, 2.45) is 10.8 Å². The zero-order valence-corrected chi connectivity index (χ0v) is 10.9. The lowest BCUT2D eigenvalue weighted by Crippen LogP contribution is -2.59. The van der Waals surface area contributed by atoms with Gasteiger partial charge >= 0.3 is 5.97 Å². The van der Waals surface area contributed by atoms with Crippen LogP contribution in [0.15, 0.2) is 12.2 Å². The first-order chi connectivity index (χ1) is 7.21. The summed E-state index contributed by atoms with van der Waals surface area (Å²) in [6, 6.07) is 0. The van der Waals surface area contributed by atoms with E-state index in [1.807, 2.05) is 6.92 Å². The molecule has 0 radical (unpaired) electrons. The molecule has 1 aliphatic rings. The molecule has 1 unspecified atom stereocenters. The highest BCUT2D eigenvalue weighted by Gasteiger charge is 2.53. The first-order valence-electron chi connectivity index (χ1n) is 5.65. The number of rotatable bonds is 3. The van der Waals surface area contributed by atoms with Crippen LogP contribution in [-0.4, -0.2) is 25.3 Å². The first-order valence-corrected chi connectivity index (χ1v) is 5.65. The summed E-state index contributed by atoms with van der Waals surface area (Å²) in [5.74, 6) is -0.317. The van der Waals surface area contributed by atoms with E-state index < -0.39 is 0 Å². The lowest BCUT2D eigenvalue weighted by atomic mass is 9.62. The van der Waals surface area contributed by atoms with Crippen molar-refractivity contribution in [2.45, 2.75) is 40.7 Å². The van der Waals surface area contributed by atoms with Gasteiger partial charge in [0.15, 0.2) is 0 Å². The summed E-state index contributed by atoms with van der Waals surface area (Å²) in [5, 5.41) is 0. The zero-order chi connectivity index (χ0) is 12.6. The Hall–Kier alpha value is -0.830. The second-order valence-corrected chi connectivity index (χ2v) is 5.73. The van der Waals surface area contributed by atoms with Crippen LogP contribution in [0.4, 0.5) is 0 Å². The van der Waals surface area contributed by atoms with E-state index in [4.69, 9.17) is 9.47 Å². The minimum Gasteiger partial charge on any atom is -0.459 e. The third kappa shape index (κ3) is 2.14. The normalized spacial score (nSPS) is 20.8. The molecular weight excluding hydrogens is 204 g/mol. The number of esters is 1. The predicted molar refractivity (Wildman–Crippen MR) is 63.1 cm³/mol. The highest BCUT2D eigenvalue weighted by Crippen LogP contribution is 2.48. The molecule has 0 bridgehead atoms. The van der Waals surface area contributed by atoms with Crippen LogP contribution in [0.2, 0.25) is 0 Å². The Labute approximate surface area is 97.8 Å². The molecule has 92 valence electrons. The summed E-state index contributed by atoms with van der Waals surface area (Å²) in [5.41, 5.74) is 0.425. The smallest absolute Gasteiger partial charge is 0.333 e. The van der Waals surface area contributed by atoms with Crippen LogP contribution >= 0.6 is 0 Å². The molecule has 3 heteroatoms. The van der Waals surface area contributed by atoms with E-state index in [1.165, 1.54) is 0 Å². The Balaban J connectivity index is 2.75. The van der Waals surface area contributed by atoms with Crippen LogP contribution in [0.3, 0.4) is 0 Å². The number of hydrogen-bond acceptors (Lipinski definition) is 3. The molecular formula is C13H22O3. The fourth-order valence-electron chi connectivity index (χ4n) is 1.97. The van der Waals surface area contributed by atoms with Crippen molar-refractivity contribution >= 4 is 5.97 Å². The lowest BCUT2D eigenvalue weighted by Gasteiger charge is -2.53. The van der Waals surface area contributed by atoms with Crippen LogP contribution in [0.5, 0.6) is 0 Å². The molecule has 1 saturated heterocycles. The first kappa shape index (κ1) is 13.2. The van der Waals surface area contributed by atoms with Crippen molar-refractivity contribution in [3.8, 4) is 0 Å². The van der Waals surface area contributed by atoms with E-state index in [0.29, 0.717) is 18.8 Å². The minimum atomic E-state index is -0.317. The second-order valence-electron chi connectivity index (χ2n) is 5.73. The maximum atomic E-state index is 11.5. The van der Waals surface area contributed by atoms with Crippen LogP contribution in [-0.2, 0) is 14.3 Å². The monoisotopic (exact) mass is 226 g/mol. The summed E-state index contributed by atoms with van der Waals surface area (Å²) in [7, 11) is 0. The van der Waals surface area contributed by atoms with Gasteiger partial charge in [-0.25, -0.2) is 4.79 Å². The van der Waals surface area contributed by atoms with Gasteiger partial charge in [0.2, 0.25) is 0 Å². The average molecular weight is 226 g/mol. The molecule has 0 amide bonds. The maximum Gasteiger partial charge on any atom is 0.333 e. The predicted octanol–water partition coefficient (Wildman–Crippen LogP) is 2.56. The molecule has 1 rings (SSSR count). The number of hydrogen-bond donors (Lipinski definition) is 0. The number of ether oxygens (including phenoxy) is 2. The molecule has 0 aromatic heterocycles.